The molecule has 0 saturated carbocycles. The Morgan fingerprint density at radius 3 is 1.70 bits per heavy atom. The fourth-order valence-electron chi connectivity index (χ4n) is 10.3. The molecule has 67 heavy (non-hydrogen) atoms. The average Bonchev–Trinajstić information content (AvgIpc) is 4.06. The number of benzene rings is 10. The lowest BCUT2D eigenvalue weighted by Gasteiger charge is -2.13. The van der Waals surface area contributed by atoms with Crippen LogP contribution in [0.25, 0.3) is 133 Å². The molecule has 312 valence electrons. The fraction of sp³-hybridized carbons (Fsp3) is 0. The van der Waals surface area contributed by atoms with Gasteiger partial charge in [0.15, 0.2) is 23.1 Å². The van der Waals surface area contributed by atoms with Crippen molar-refractivity contribution < 1.29 is 4.42 Å². The van der Waals surface area contributed by atoms with Gasteiger partial charge in [0.1, 0.15) is 5.58 Å². The predicted octanol–water partition coefficient (Wildman–Crippen LogP) is 15.8. The Balaban J connectivity index is 1.06. The Morgan fingerprint density at radius 1 is 0.328 bits per heavy atom. The molecule has 14 aromatic rings. The monoisotopic (exact) mass is 855 g/mol. The smallest absolute Gasteiger partial charge is 0.164 e. The molecule has 0 fully saturated rings. The summed E-state index contributed by atoms with van der Waals surface area (Å²) in [5.74, 6) is 1.75. The first-order valence-corrected chi connectivity index (χ1v) is 22.6. The molecule has 0 N–H and O–H groups in total. The van der Waals surface area contributed by atoms with Gasteiger partial charge in [0.25, 0.3) is 0 Å². The number of rotatable bonds is 6. The van der Waals surface area contributed by atoms with Gasteiger partial charge in [-0.25, -0.2) is 15.0 Å². The molecule has 0 atom stereocenters. The normalized spacial score (nSPS) is 11.9. The topological polar surface area (TPSA) is 61.7 Å². The molecule has 6 heteroatoms. The number of hydrogen-bond acceptors (Lipinski definition) is 4. The Bertz CT molecular complexity index is 4260. The zero-order chi connectivity index (χ0) is 44.0. The SMILES string of the molecule is c1ccc(-c2ccc(-c3nc(-c4cc(-n5c6ccccc6c6cc7ccccc7cc65)c5oc6ccccc6c5c4)nc(-c4cccc5c4c4ccccc4n5-c4ccccc4)n3)cc2)cc1. The van der Waals surface area contributed by atoms with E-state index in [2.05, 4.69) is 215 Å². The molecular weight excluding hydrogens is 819 g/mol. The van der Waals surface area contributed by atoms with Crippen molar-refractivity contribution in [2.24, 2.45) is 0 Å². The summed E-state index contributed by atoms with van der Waals surface area (Å²) in [5, 5.41) is 8.93. The van der Waals surface area contributed by atoms with Gasteiger partial charge in [0, 0.05) is 54.7 Å². The van der Waals surface area contributed by atoms with Gasteiger partial charge in [-0.2, -0.15) is 0 Å². The van der Waals surface area contributed by atoms with Gasteiger partial charge in [0.2, 0.25) is 0 Å². The molecule has 4 heterocycles. The Labute approximate surface area is 384 Å². The summed E-state index contributed by atoms with van der Waals surface area (Å²) in [6, 6.07) is 79.1. The van der Waals surface area contributed by atoms with Crippen molar-refractivity contribution in [3.63, 3.8) is 0 Å². The number of aromatic nitrogens is 5. The van der Waals surface area contributed by atoms with E-state index >= 15 is 0 Å². The maximum Gasteiger partial charge on any atom is 0.164 e. The van der Waals surface area contributed by atoms with Crippen LogP contribution < -0.4 is 0 Å². The van der Waals surface area contributed by atoms with Gasteiger partial charge in [-0.3, -0.25) is 0 Å². The summed E-state index contributed by atoms with van der Waals surface area (Å²) in [6.45, 7) is 0. The number of para-hydroxylation sites is 4. The van der Waals surface area contributed by atoms with E-state index in [0.717, 1.165) is 94.0 Å². The van der Waals surface area contributed by atoms with Gasteiger partial charge in [0.05, 0.1) is 27.8 Å². The summed E-state index contributed by atoms with van der Waals surface area (Å²) < 4.78 is 11.6. The van der Waals surface area contributed by atoms with Gasteiger partial charge in [-0.1, -0.05) is 164 Å². The molecule has 0 aliphatic carbocycles. The molecule has 0 aliphatic heterocycles. The van der Waals surface area contributed by atoms with Crippen molar-refractivity contribution >= 4 is 76.3 Å². The fourth-order valence-corrected chi connectivity index (χ4v) is 10.3. The standard InChI is InChI=1S/C61H37N5O/c1-3-16-38(17-4-1)39-30-32-40(33-31-39)59-62-60(64-61(63-59)48-25-15-28-53-57(48)47-24-10-13-27-52(47)65(53)44-20-5-2-6-21-44)43-35-50-46-23-11-14-29-56(46)67-58(50)55(37-43)66-51-26-12-9-22-45(51)49-34-41-18-7-8-19-42(41)36-54(49)66/h1-37H. The highest BCUT2D eigenvalue weighted by Gasteiger charge is 2.23. The van der Waals surface area contributed by atoms with Crippen LogP contribution in [-0.2, 0) is 0 Å². The largest absolute Gasteiger partial charge is 0.454 e. The van der Waals surface area contributed by atoms with Crippen LogP contribution in [-0.4, -0.2) is 24.1 Å². The van der Waals surface area contributed by atoms with Gasteiger partial charge in [-0.15, -0.1) is 0 Å². The second-order valence-corrected chi connectivity index (χ2v) is 17.2. The Kier molecular flexibility index (Phi) is 8.18. The lowest BCUT2D eigenvalue weighted by molar-refractivity contribution is 0.666. The second kappa shape index (κ2) is 14.7. The van der Waals surface area contributed by atoms with Gasteiger partial charge < -0.3 is 13.6 Å². The summed E-state index contributed by atoms with van der Waals surface area (Å²) in [6.07, 6.45) is 0. The van der Waals surface area contributed by atoms with Crippen molar-refractivity contribution in [1.29, 1.82) is 0 Å². The van der Waals surface area contributed by atoms with E-state index in [-0.39, 0.29) is 0 Å². The molecular formula is C61H37N5O. The lowest BCUT2D eigenvalue weighted by atomic mass is 10.0. The Hall–Kier alpha value is -9.13. The molecule has 0 radical (unpaired) electrons. The van der Waals surface area contributed by atoms with Crippen LogP contribution in [0.3, 0.4) is 0 Å². The number of fused-ring (bicyclic) bond motifs is 10. The molecule has 4 aromatic heterocycles. The van der Waals surface area contributed by atoms with Crippen LogP contribution in [0, 0.1) is 0 Å². The minimum atomic E-state index is 0.565. The predicted molar refractivity (Wildman–Crippen MR) is 275 cm³/mol. The summed E-state index contributed by atoms with van der Waals surface area (Å²) in [5.41, 5.74) is 12.9. The van der Waals surface area contributed by atoms with Crippen LogP contribution in [0.5, 0.6) is 0 Å². The van der Waals surface area contributed by atoms with Crippen LogP contribution >= 0.6 is 0 Å². The molecule has 0 amide bonds. The zero-order valence-electron chi connectivity index (χ0n) is 36.0. The van der Waals surface area contributed by atoms with E-state index in [1.54, 1.807) is 0 Å². The molecule has 0 spiro atoms. The Morgan fingerprint density at radius 2 is 0.910 bits per heavy atom. The van der Waals surface area contributed by atoms with Crippen molar-refractivity contribution in [2.45, 2.75) is 0 Å². The highest BCUT2D eigenvalue weighted by molar-refractivity contribution is 6.17. The maximum absolute atomic E-state index is 6.87. The average molecular weight is 856 g/mol. The summed E-state index contributed by atoms with van der Waals surface area (Å²) in [7, 11) is 0. The molecule has 10 aromatic carbocycles. The van der Waals surface area contributed by atoms with Gasteiger partial charge in [-0.05, 0) is 82.6 Å². The molecule has 0 aliphatic rings. The maximum atomic E-state index is 6.87. The van der Waals surface area contributed by atoms with Crippen LogP contribution in [0.2, 0.25) is 0 Å². The van der Waals surface area contributed by atoms with Crippen LogP contribution in [0.4, 0.5) is 0 Å². The van der Waals surface area contributed by atoms with Crippen molar-refractivity contribution in [3.8, 4) is 56.7 Å². The van der Waals surface area contributed by atoms with Crippen molar-refractivity contribution in [2.75, 3.05) is 0 Å². The third kappa shape index (κ3) is 5.86. The highest BCUT2D eigenvalue weighted by atomic mass is 16.3. The number of furan rings is 1. The molecule has 6 nitrogen and oxygen atoms in total. The summed E-state index contributed by atoms with van der Waals surface area (Å²) >= 11 is 0. The lowest BCUT2D eigenvalue weighted by Crippen LogP contribution is -2.02. The van der Waals surface area contributed by atoms with E-state index in [1.807, 2.05) is 18.2 Å². The minimum Gasteiger partial charge on any atom is -0.454 e. The van der Waals surface area contributed by atoms with E-state index in [4.69, 9.17) is 19.4 Å². The minimum absolute atomic E-state index is 0.565. The first-order valence-electron chi connectivity index (χ1n) is 22.6. The van der Waals surface area contributed by atoms with Crippen molar-refractivity contribution in [1.82, 2.24) is 24.1 Å². The van der Waals surface area contributed by atoms with E-state index in [0.29, 0.717) is 17.5 Å². The van der Waals surface area contributed by atoms with E-state index in [9.17, 15) is 0 Å². The number of hydrogen-bond donors (Lipinski definition) is 0. The van der Waals surface area contributed by atoms with E-state index < -0.39 is 0 Å². The van der Waals surface area contributed by atoms with Gasteiger partial charge >= 0.3 is 0 Å². The summed E-state index contributed by atoms with van der Waals surface area (Å²) in [4.78, 5) is 16.3. The third-order valence-electron chi connectivity index (χ3n) is 13.3. The quantitative estimate of drug-likeness (QED) is 0.167. The molecule has 0 saturated heterocycles. The van der Waals surface area contributed by atoms with Crippen molar-refractivity contribution in [3.05, 3.63) is 224 Å². The first kappa shape index (κ1) is 37.3. The molecule has 14 rings (SSSR count). The highest BCUT2D eigenvalue weighted by Crippen LogP contribution is 2.43. The number of nitrogens with zero attached hydrogens (tertiary/aromatic N) is 5. The van der Waals surface area contributed by atoms with Crippen LogP contribution in [0.15, 0.2) is 229 Å². The van der Waals surface area contributed by atoms with E-state index in [1.165, 1.54) is 21.5 Å². The van der Waals surface area contributed by atoms with Crippen LogP contribution in [0.1, 0.15) is 0 Å². The zero-order valence-corrected chi connectivity index (χ0v) is 36.0. The third-order valence-corrected chi connectivity index (χ3v) is 13.3. The molecule has 0 unspecified atom stereocenters. The molecule has 0 bridgehead atoms. The first-order chi connectivity index (χ1) is 33.2. The second-order valence-electron chi connectivity index (χ2n) is 17.2.